The first-order valence-electron chi connectivity index (χ1n) is 8.59. The van der Waals surface area contributed by atoms with E-state index in [1.54, 1.807) is 26.5 Å². The minimum absolute atomic E-state index is 0.109. The maximum Gasteiger partial charge on any atom is 0.334 e. The van der Waals surface area contributed by atoms with Crippen molar-refractivity contribution < 1.29 is 0 Å². The van der Waals surface area contributed by atoms with Crippen LogP contribution in [0.25, 0.3) is 16.9 Å². The number of hydrazone groups is 1. The number of fused-ring (bicyclic) bond motifs is 1. The van der Waals surface area contributed by atoms with Gasteiger partial charge in [0.25, 0.3) is 0 Å². The molecule has 0 aliphatic carbocycles. The summed E-state index contributed by atoms with van der Waals surface area (Å²) in [6.45, 7) is 6.16. The molecular weight excluding hydrogens is 340 g/mol. The zero-order valence-corrected chi connectivity index (χ0v) is 14.9. The Kier molecular flexibility index (Phi) is 4.25. The third-order valence-electron chi connectivity index (χ3n) is 4.37. The topological polar surface area (TPSA) is 68.3 Å². The number of aryl methyl sites for hydroxylation is 1. The van der Waals surface area contributed by atoms with E-state index < -0.39 is 0 Å². The van der Waals surface area contributed by atoms with E-state index in [1.807, 2.05) is 61.5 Å². The Hall–Kier alpha value is -3.74. The van der Waals surface area contributed by atoms with E-state index in [2.05, 4.69) is 21.8 Å². The Morgan fingerprint density at radius 2 is 1.81 bits per heavy atom. The van der Waals surface area contributed by atoms with E-state index in [4.69, 9.17) is 0 Å². The van der Waals surface area contributed by atoms with Gasteiger partial charge >= 0.3 is 5.69 Å². The quantitative estimate of drug-likeness (QED) is 0.405. The predicted octanol–water partition coefficient (Wildman–Crippen LogP) is 3.36. The molecule has 27 heavy (non-hydrogen) atoms. The van der Waals surface area contributed by atoms with Gasteiger partial charge in [-0.05, 0) is 55.5 Å². The lowest BCUT2D eigenvalue weighted by molar-refractivity contribution is 0.734. The summed E-state index contributed by atoms with van der Waals surface area (Å²) >= 11 is 0. The van der Waals surface area contributed by atoms with Gasteiger partial charge in [0.1, 0.15) is 0 Å². The van der Waals surface area contributed by atoms with Gasteiger partial charge in [0.05, 0.1) is 16.9 Å². The van der Waals surface area contributed by atoms with Gasteiger partial charge in [0.15, 0.2) is 11.5 Å². The highest BCUT2D eigenvalue weighted by molar-refractivity contribution is 5.74. The molecule has 7 heteroatoms. The van der Waals surface area contributed by atoms with Crippen molar-refractivity contribution >= 4 is 29.4 Å². The van der Waals surface area contributed by atoms with E-state index in [1.165, 1.54) is 0 Å². The van der Waals surface area contributed by atoms with Crippen LogP contribution in [0.4, 0.5) is 11.5 Å². The molecule has 0 saturated carbocycles. The van der Waals surface area contributed by atoms with Crippen LogP contribution in [0.1, 0.15) is 6.92 Å². The number of nitrogens with zero attached hydrogens (tertiary/aromatic N) is 6. The molecule has 0 atom stereocenters. The molecule has 0 fully saturated rings. The molecule has 4 aromatic rings. The number of aromatic nitrogens is 4. The number of pyridine rings is 2. The van der Waals surface area contributed by atoms with Gasteiger partial charge in [-0.3, -0.25) is 4.57 Å². The summed E-state index contributed by atoms with van der Waals surface area (Å²) in [5.74, 6) is 0.668. The summed E-state index contributed by atoms with van der Waals surface area (Å²) in [5.41, 5.74) is 2.89. The van der Waals surface area contributed by atoms with Crippen LogP contribution < -0.4 is 10.7 Å². The van der Waals surface area contributed by atoms with Crippen LogP contribution in [-0.2, 0) is 6.54 Å². The lowest BCUT2D eigenvalue weighted by Crippen LogP contribution is -2.22. The summed E-state index contributed by atoms with van der Waals surface area (Å²) in [4.78, 5) is 21.6. The van der Waals surface area contributed by atoms with Crippen molar-refractivity contribution in [2.75, 3.05) is 5.01 Å². The molecule has 0 unspecified atom stereocenters. The normalized spacial score (nSPS) is 10.9. The first kappa shape index (κ1) is 16.7. The predicted molar refractivity (Wildman–Crippen MR) is 107 cm³/mol. The van der Waals surface area contributed by atoms with Crippen molar-refractivity contribution in [1.29, 1.82) is 0 Å². The Morgan fingerprint density at radius 1 is 1.04 bits per heavy atom. The fourth-order valence-electron chi connectivity index (χ4n) is 3.13. The lowest BCUT2D eigenvalue weighted by Gasteiger charge is -2.17. The summed E-state index contributed by atoms with van der Waals surface area (Å²) in [6.07, 6.45) is 3.39. The average Bonchev–Trinajstić information content (AvgIpc) is 3.01. The van der Waals surface area contributed by atoms with Crippen LogP contribution in [0.15, 0.2) is 76.9 Å². The van der Waals surface area contributed by atoms with Crippen molar-refractivity contribution in [3.05, 3.63) is 77.5 Å². The van der Waals surface area contributed by atoms with Crippen molar-refractivity contribution in [2.45, 2.75) is 13.5 Å². The Bertz CT molecular complexity index is 1140. The highest BCUT2D eigenvalue weighted by atomic mass is 16.1. The molecule has 0 aliphatic heterocycles. The standard InChI is InChI=1S/C20H18N6O/c1-3-24-17-7-6-14-23-19(17)25(20(24)27)15-9-11-16(12-10-15)26(21-2)18-8-4-5-13-22-18/h4-14H,2-3H2,1H3. The number of anilines is 2. The summed E-state index contributed by atoms with van der Waals surface area (Å²) in [6, 6.07) is 16.8. The van der Waals surface area contributed by atoms with Crippen LogP contribution in [0.5, 0.6) is 0 Å². The average molecular weight is 358 g/mol. The van der Waals surface area contributed by atoms with E-state index in [0.717, 1.165) is 16.9 Å². The van der Waals surface area contributed by atoms with Crippen molar-refractivity contribution in [1.82, 2.24) is 19.1 Å². The largest absolute Gasteiger partial charge is 0.334 e. The van der Waals surface area contributed by atoms with Crippen LogP contribution in [-0.4, -0.2) is 25.8 Å². The number of hydrogen-bond donors (Lipinski definition) is 0. The van der Waals surface area contributed by atoms with Gasteiger partial charge < -0.3 is 0 Å². The second-order valence-electron chi connectivity index (χ2n) is 5.87. The first-order valence-corrected chi connectivity index (χ1v) is 8.59. The molecule has 4 rings (SSSR count). The molecule has 3 aromatic heterocycles. The molecular formula is C20H18N6O. The summed E-state index contributed by atoms with van der Waals surface area (Å²) in [7, 11) is 0. The number of benzene rings is 1. The Balaban J connectivity index is 1.80. The van der Waals surface area contributed by atoms with E-state index in [9.17, 15) is 4.79 Å². The zero-order chi connectivity index (χ0) is 18.8. The van der Waals surface area contributed by atoms with E-state index in [-0.39, 0.29) is 5.69 Å². The molecule has 0 N–H and O–H groups in total. The fourth-order valence-corrected chi connectivity index (χ4v) is 3.13. The Labute approximate surface area is 155 Å². The first-order chi connectivity index (χ1) is 13.2. The summed E-state index contributed by atoms with van der Waals surface area (Å²) in [5, 5.41) is 5.69. The molecule has 0 saturated heterocycles. The molecule has 3 heterocycles. The minimum atomic E-state index is -0.109. The molecule has 0 bridgehead atoms. The highest BCUT2D eigenvalue weighted by Gasteiger charge is 2.15. The number of imidazole rings is 1. The van der Waals surface area contributed by atoms with Crippen molar-refractivity contribution in [2.24, 2.45) is 5.10 Å². The second kappa shape index (κ2) is 6.87. The second-order valence-corrected chi connectivity index (χ2v) is 5.87. The monoisotopic (exact) mass is 358 g/mol. The van der Waals surface area contributed by atoms with Gasteiger partial charge in [0.2, 0.25) is 0 Å². The third-order valence-corrected chi connectivity index (χ3v) is 4.37. The minimum Gasteiger partial charge on any atom is -0.290 e. The van der Waals surface area contributed by atoms with Crippen LogP contribution in [0, 0.1) is 0 Å². The smallest absolute Gasteiger partial charge is 0.290 e. The molecule has 0 amide bonds. The van der Waals surface area contributed by atoms with Gasteiger partial charge in [0, 0.05) is 25.7 Å². The molecule has 0 aliphatic rings. The SMILES string of the molecule is C=NN(c1ccc(-n2c(=O)n(CC)c3cccnc32)cc1)c1ccccn1. The maximum atomic E-state index is 12.9. The highest BCUT2D eigenvalue weighted by Crippen LogP contribution is 2.25. The summed E-state index contributed by atoms with van der Waals surface area (Å²) < 4.78 is 3.33. The van der Waals surface area contributed by atoms with Gasteiger partial charge in [-0.25, -0.2) is 24.3 Å². The molecule has 7 nitrogen and oxygen atoms in total. The van der Waals surface area contributed by atoms with Gasteiger partial charge in [-0.2, -0.15) is 5.10 Å². The molecule has 1 aromatic carbocycles. The van der Waals surface area contributed by atoms with E-state index >= 15 is 0 Å². The molecule has 0 spiro atoms. The van der Waals surface area contributed by atoms with Gasteiger partial charge in [-0.15, -0.1) is 0 Å². The van der Waals surface area contributed by atoms with Crippen LogP contribution in [0.3, 0.4) is 0 Å². The fraction of sp³-hybridized carbons (Fsp3) is 0.100. The maximum absolute atomic E-state index is 12.9. The molecule has 0 radical (unpaired) electrons. The van der Waals surface area contributed by atoms with E-state index in [0.29, 0.717) is 18.0 Å². The van der Waals surface area contributed by atoms with Crippen LogP contribution in [0.2, 0.25) is 0 Å². The van der Waals surface area contributed by atoms with Crippen LogP contribution >= 0.6 is 0 Å². The Morgan fingerprint density at radius 3 is 2.48 bits per heavy atom. The third kappa shape index (κ3) is 2.79. The van der Waals surface area contributed by atoms with Crippen molar-refractivity contribution in [3.8, 4) is 5.69 Å². The number of rotatable bonds is 5. The van der Waals surface area contributed by atoms with Gasteiger partial charge in [-0.1, -0.05) is 6.07 Å². The lowest BCUT2D eigenvalue weighted by atomic mass is 10.2. The number of hydrogen-bond acceptors (Lipinski definition) is 5. The molecule has 134 valence electrons. The van der Waals surface area contributed by atoms with Crippen molar-refractivity contribution in [3.63, 3.8) is 0 Å². The zero-order valence-electron chi connectivity index (χ0n) is 14.9.